The predicted molar refractivity (Wildman–Crippen MR) is 97.9 cm³/mol. The van der Waals surface area contributed by atoms with Crippen molar-refractivity contribution in [1.29, 1.82) is 0 Å². The van der Waals surface area contributed by atoms with Crippen LogP contribution in [-0.4, -0.2) is 19.1 Å². The van der Waals surface area contributed by atoms with Gasteiger partial charge in [-0.2, -0.15) is 0 Å². The largest absolute Gasteiger partial charge is 0.495 e. The van der Waals surface area contributed by atoms with Gasteiger partial charge in [-0.05, 0) is 55.8 Å². The fraction of sp³-hybridized carbons (Fsp3) is 0.211. The van der Waals surface area contributed by atoms with Crippen molar-refractivity contribution in [1.82, 2.24) is 0 Å². The zero-order valence-corrected chi connectivity index (χ0v) is 14.6. The average Bonchev–Trinajstić information content (AvgIpc) is 2.53. The SMILES string of the molecule is COc1ccc(Cl)cc1NC(=O)/C=C/c1cccc(OC(C)C)c1. The second-order valence-electron chi connectivity index (χ2n) is 5.41. The van der Waals surface area contributed by atoms with Crippen molar-refractivity contribution in [3.05, 3.63) is 59.1 Å². The molecule has 0 aromatic heterocycles. The standard InChI is InChI=1S/C19H20ClNO3/c1-13(2)24-16-6-4-5-14(11-16)7-10-19(22)21-17-12-15(20)8-9-18(17)23-3/h4-13H,1-3H3,(H,21,22)/b10-7+. The Morgan fingerprint density at radius 2 is 2.00 bits per heavy atom. The molecule has 0 unspecified atom stereocenters. The first kappa shape index (κ1) is 17.9. The smallest absolute Gasteiger partial charge is 0.248 e. The van der Waals surface area contributed by atoms with Crippen molar-refractivity contribution in [2.45, 2.75) is 20.0 Å². The molecule has 0 radical (unpaired) electrons. The van der Waals surface area contributed by atoms with Gasteiger partial charge in [0.25, 0.3) is 0 Å². The van der Waals surface area contributed by atoms with Crippen LogP contribution >= 0.6 is 11.6 Å². The highest BCUT2D eigenvalue weighted by Crippen LogP contribution is 2.27. The van der Waals surface area contributed by atoms with Crippen molar-refractivity contribution < 1.29 is 14.3 Å². The minimum atomic E-state index is -0.272. The van der Waals surface area contributed by atoms with Gasteiger partial charge in [-0.15, -0.1) is 0 Å². The highest BCUT2D eigenvalue weighted by molar-refractivity contribution is 6.31. The van der Waals surface area contributed by atoms with E-state index in [9.17, 15) is 4.79 Å². The van der Waals surface area contributed by atoms with Crippen LogP contribution in [0, 0.1) is 0 Å². The molecule has 2 rings (SSSR count). The fourth-order valence-corrected chi connectivity index (χ4v) is 2.26. The second kappa shape index (κ2) is 8.41. The normalized spacial score (nSPS) is 10.9. The molecule has 0 aliphatic rings. The lowest BCUT2D eigenvalue weighted by atomic mass is 10.2. The van der Waals surface area contributed by atoms with Crippen LogP contribution in [0.3, 0.4) is 0 Å². The van der Waals surface area contributed by atoms with Gasteiger partial charge in [0.1, 0.15) is 11.5 Å². The molecule has 24 heavy (non-hydrogen) atoms. The molecule has 0 aliphatic carbocycles. The lowest BCUT2D eigenvalue weighted by Crippen LogP contribution is -2.09. The van der Waals surface area contributed by atoms with Crippen LogP contribution in [0.1, 0.15) is 19.4 Å². The molecule has 0 heterocycles. The molecule has 0 bridgehead atoms. The lowest BCUT2D eigenvalue weighted by molar-refractivity contribution is -0.111. The number of nitrogens with one attached hydrogen (secondary N) is 1. The Bertz CT molecular complexity index is 741. The van der Waals surface area contributed by atoms with E-state index in [1.54, 1.807) is 24.3 Å². The molecule has 0 saturated carbocycles. The number of anilines is 1. The second-order valence-corrected chi connectivity index (χ2v) is 5.84. The summed E-state index contributed by atoms with van der Waals surface area (Å²) in [7, 11) is 1.54. The number of hydrogen-bond acceptors (Lipinski definition) is 3. The Kier molecular flexibility index (Phi) is 6.27. The van der Waals surface area contributed by atoms with Crippen molar-refractivity contribution in [2.75, 3.05) is 12.4 Å². The number of carbonyl (C=O) groups excluding carboxylic acids is 1. The van der Waals surface area contributed by atoms with E-state index in [-0.39, 0.29) is 12.0 Å². The Morgan fingerprint density at radius 1 is 1.21 bits per heavy atom. The minimum Gasteiger partial charge on any atom is -0.495 e. The first-order chi connectivity index (χ1) is 11.5. The summed E-state index contributed by atoms with van der Waals surface area (Å²) in [6.07, 6.45) is 3.27. The van der Waals surface area contributed by atoms with Gasteiger partial charge in [0.05, 0.1) is 18.9 Å². The van der Waals surface area contributed by atoms with Crippen molar-refractivity contribution in [2.24, 2.45) is 0 Å². The van der Waals surface area contributed by atoms with Crippen molar-refractivity contribution >= 4 is 29.3 Å². The number of ether oxygens (including phenoxy) is 2. The molecule has 0 spiro atoms. The first-order valence-electron chi connectivity index (χ1n) is 7.57. The maximum absolute atomic E-state index is 12.1. The van der Waals surface area contributed by atoms with E-state index in [2.05, 4.69) is 5.32 Å². The van der Waals surface area contributed by atoms with E-state index in [0.717, 1.165) is 11.3 Å². The number of hydrogen-bond donors (Lipinski definition) is 1. The van der Waals surface area contributed by atoms with Crippen LogP contribution in [0.25, 0.3) is 6.08 Å². The molecule has 0 fully saturated rings. The highest BCUT2D eigenvalue weighted by Gasteiger charge is 2.06. The zero-order chi connectivity index (χ0) is 17.5. The maximum atomic E-state index is 12.1. The molecule has 0 aliphatic heterocycles. The summed E-state index contributed by atoms with van der Waals surface area (Å²) in [5.74, 6) is 1.04. The fourth-order valence-electron chi connectivity index (χ4n) is 2.09. The molecule has 4 nitrogen and oxygen atoms in total. The molecule has 0 saturated heterocycles. The molecule has 2 aromatic rings. The molecule has 0 atom stereocenters. The van der Waals surface area contributed by atoms with Gasteiger partial charge >= 0.3 is 0 Å². The van der Waals surface area contributed by atoms with Crippen molar-refractivity contribution in [3.8, 4) is 11.5 Å². The summed E-state index contributed by atoms with van der Waals surface area (Å²) in [5, 5.41) is 3.27. The van der Waals surface area contributed by atoms with E-state index < -0.39 is 0 Å². The molecule has 2 aromatic carbocycles. The van der Waals surface area contributed by atoms with E-state index in [1.807, 2.05) is 38.1 Å². The Morgan fingerprint density at radius 3 is 2.71 bits per heavy atom. The van der Waals surface area contributed by atoms with E-state index in [4.69, 9.17) is 21.1 Å². The van der Waals surface area contributed by atoms with Crippen LogP contribution in [0.15, 0.2) is 48.5 Å². The van der Waals surface area contributed by atoms with Crippen LogP contribution in [0.4, 0.5) is 5.69 Å². The van der Waals surface area contributed by atoms with Crippen LogP contribution in [-0.2, 0) is 4.79 Å². The molecular weight excluding hydrogens is 326 g/mol. The Labute approximate surface area is 147 Å². The van der Waals surface area contributed by atoms with Gasteiger partial charge in [0, 0.05) is 11.1 Å². The summed E-state index contributed by atoms with van der Waals surface area (Å²) in [6, 6.07) is 12.6. The average molecular weight is 346 g/mol. The summed E-state index contributed by atoms with van der Waals surface area (Å²) in [6.45, 7) is 3.93. The summed E-state index contributed by atoms with van der Waals surface area (Å²) >= 11 is 5.95. The van der Waals surface area contributed by atoms with Gasteiger partial charge in [0.2, 0.25) is 5.91 Å². The van der Waals surface area contributed by atoms with Gasteiger partial charge in [0.15, 0.2) is 0 Å². The third-order valence-corrected chi connectivity index (χ3v) is 3.31. The van der Waals surface area contributed by atoms with E-state index in [0.29, 0.717) is 16.5 Å². The summed E-state index contributed by atoms with van der Waals surface area (Å²) in [5.41, 5.74) is 1.40. The number of amides is 1. The number of carbonyl (C=O) groups is 1. The third kappa shape index (κ3) is 5.32. The third-order valence-electron chi connectivity index (χ3n) is 3.08. The number of rotatable bonds is 6. The zero-order valence-electron chi connectivity index (χ0n) is 13.9. The van der Waals surface area contributed by atoms with Gasteiger partial charge < -0.3 is 14.8 Å². The van der Waals surface area contributed by atoms with Gasteiger partial charge in [-0.1, -0.05) is 23.7 Å². The summed E-state index contributed by atoms with van der Waals surface area (Å²) in [4.78, 5) is 12.1. The number of halogens is 1. The molecule has 126 valence electrons. The topological polar surface area (TPSA) is 47.6 Å². The van der Waals surface area contributed by atoms with Crippen LogP contribution < -0.4 is 14.8 Å². The molecule has 5 heteroatoms. The number of methoxy groups -OCH3 is 1. The lowest BCUT2D eigenvalue weighted by Gasteiger charge is -2.10. The predicted octanol–water partition coefficient (Wildman–Crippen LogP) is 4.79. The Balaban J connectivity index is 2.07. The monoisotopic (exact) mass is 345 g/mol. The minimum absolute atomic E-state index is 0.0998. The quantitative estimate of drug-likeness (QED) is 0.766. The van der Waals surface area contributed by atoms with E-state index in [1.165, 1.54) is 13.2 Å². The highest BCUT2D eigenvalue weighted by atomic mass is 35.5. The number of benzene rings is 2. The van der Waals surface area contributed by atoms with E-state index >= 15 is 0 Å². The maximum Gasteiger partial charge on any atom is 0.248 e. The summed E-state index contributed by atoms with van der Waals surface area (Å²) < 4.78 is 10.8. The van der Waals surface area contributed by atoms with Crippen molar-refractivity contribution in [3.63, 3.8) is 0 Å². The molecule has 1 amide bonds. The Hall–Kier alpha value is -2.46. The van der Waals surface area contributed by atoms with Crippen LogP contribution in [0.2, 0.25) is 5.02 Å². The first-order valence-corrected chi connectivity index (χ1v) is 7.95. The van der Waals surface area contributed by atoms with Gasteiger partial charge in [-0.3, -0.25) is 4.79 Å². The molecule has 1 N–H and O–H groups in total. The molecular formula is C19H20ClNO3. The van der Waals surface area contributed by atoms with Crippen LogP contribution in [0.5, 0.6) is 11.5 Å². The van der Waals surface area contributed by atoms with Gasteiger partial charge in [-0.25, -0.2) is 0 Å².